The van der Waals surface area contributed by atoms with Crippen LogP contribution in [0.3, 0.4) is 0 Å². The summed E-state index contributed by atoms with van der Waals surface area (Å²) in [6.45, 7) is 1.74. The fraction of sp³-hybridized carbons (Fsp3) is 0.278. The Bertz CT molecular complexity index is 921. The number of sulfonamides is 1. The third kappa shape index (κ3) is 5.82. The number of hydrogen-bond donors (Lipinski definition) is 1. The van der Waals surface area contributed by atoms with Gasteiger partial charge in [-0.05, 0) is 49.2 Å². The zero-order valence-electron chi connectivity index (χ0n) is 14.7. The molecule has 0 fully saturated rings. The van der Waals surface area contributed by atoms with Crippen LogP contribution in [0, 0.1) is 5.82 Å². The number of carbonyl (C=O) groups excluding carboxylic acids is 1. The van der Waals surface area contributed by atoms with E-state index in [1.165, 1.54) is 37.3 Å². The van der Waals surface area contributed by atoms with Crippen molar-refractivity contribution in [2.24, 2.45) is 0 Å². The van der Waals surface area contributed by atoms with Crippen LogP contribution in [0.5, 0.6) is 0 Å². The molecule has 2 aromatic carbocycles. The van der Waals surface area contributed by atoms with Crippen LogP contribution in [-0.4, -0.2) is 33.2 Å². The van der Waals surface area contributed by atoms with Crippen molar-refractivity contribution in [2.75, 3.05) is 17.1 Å². The van der Waals surface area contributed by atoms with Gasteiger partial charge in [0.25, 0.3) is 0 Å². The number of halogens is 3. The summed E-state index contributed by atoms with van der Waals surface area (Å²) in [4.78, 5) is 12.5. The van der Waals surface area contributed by atoms with E-state index < -0.39 is 22.0 Å². The minimum Gasteiger partial charge on any atom is -0.354 e. The molecule has 0 spiro atoms. The molecule has 1 atom stereocenters. The number of rotatable bonds is 7. The van der Waals surface area contributed by atoms with E-state index >= 15 is 0 Å². The Morgan fingerprint density at radius 2 is 1.81 bits per heavy atom. The summed E-state index contributed by atoms with van der Waals surface area (Å²) >= 11 is 12.1. The quantitative estimate of drug-likeness (QED) is 0.725. The van der Waals surface area contributed by atoms with Crippen molar-refractivity contribution in [1.29, 1.82) is 0 Å². The molecule has 0 aliphatic heterocycles. The molecule has 9 heteroatoms. The highest BCUT2D eigenvalue weighted by Crippen LogP contribution is 2.32. The van der Waals surface area contributed by atoms with Crippen molar-refractivity contribution in [3.8, 4) is 0 Å². The van der Waals surface area contributed by atoms with Crippen LogP contribution in [0.15, 0.2) is 42.5 Å². The van der Waals surface area contributed by atoms with Gasteiger partial charge in [0.1, 0.15) is 11.9 Å². The lowest BCUT2D eigenvalue weighted by molar-refractivity contribution is -0.121. The van der Waals surface area contributed by atoms with Gasteiger partial charge in [-0.2, -0.15) is 0 Å². The topological polar surface area (TPSA) is 66.5 Å². The Morgan fingerprint density at radius 1 is 1.19 bits per heavy atom. The summed E-state index contributed by atoms with van der Waals surface area (Å²) in [7, 11) is -3.80. The molecule has 0 aliphatic rings. The third-order valence-electron chi connectivity index (χ3n) is 3.86. The van der Waals surface area contributed by atoms with Crippen LogP contribution in [0.4, 0.5) is 10.1 Å². The van der Waals surface area contributed by atoms with Gasteiger partial charge in [-0.25, -0.2) is 12.8 Å². The smallest absolute Gasteiger partial charge is 0.243 e. The molecule has 5 nitrogen and oxygen atoms in total. The third-order valence-corrected chi connectivity index (χ3v) is 5.64. The van der Waals surface area contributed by atoms with Gasteiger partial charge in [-0.15, -0.1) is 0 Å². The maximum absolute atomic E-state index is 12.9. The highest BCUT2D eigenvalue weighted by atomic mass is 35.5. The first kappa shape index (κ1) is 21.5. The van der Waals surface area contributed by atoms with E-state index in [0.29, 0.717) is 11.4 Å². The molecule has 1 N–H and O–H groups in total. The van der Waals surface area contributed by atoms with Crippen molar-refractivity contribution < 1.29 is 17.6 Å². The Morgan fingerprint density at radius 3 is 2.41 bits per heavy atom. The van der Waals surface area contributed by atoms with Crippen LogP contribution in [-0.2, 0) is 21.2 Å². The molecular formula is C18H19Cl2FN2O3S. The first-order chi connectivity index (χ1) is 12.6. The minimum absolute atomic E-state index is 0.132. The van der Waals surface area contributed by atoms with Crippen molar-refractivity contribution >= 4 is 44.8 Å². The summed E-state index contributed by atoms with van der Waals surface area (Å²) in [6, 6.07) is 9.28. The Labute approximate surface area is 168 Å². The van der Waals surface area contributed by atoms with Crippen LogP contribution in [0.2, 0.25) is 10.0 Å². The van der Waals surface area contributed by atoms with Gasteiger partial charge in [0, 0.05) is 11.6 Å². The first-order valence-electron chi connectivity index (χ1n) is 8.06. The number of amides is 1. The van der Waals surface area contributed by atoms with Crippen LogP contribution in [0.25, 0.3) is 0 Å². The molecule has 146 valence electrons. The molecule has 0 heterocycles. The second-order valence-electron chi connectivity index (χ2n) is 6.00. The van der Waals surface area contributed by atoms with E-state index in [4.69, 9.17) is 23.2 Å². The lowest BCUT2D eigenvalue weighted by Crippen LogP contribution is -2.48. The summed E-state index contributed by atoms with van der Waals surface area (Å²) in [5.41, 5.74) is 0.982. The van der Waals surface area contributed by atoms with E-state index in [9.17, 15) is 17.6 Å². The SMILES string of the molecule is CC(C(=O)NCCc1ccc(F)cc1)N(c1cc(Cl)ccc1Cl)S(C)(=O)=O. The van der Waals surface area contributed by atoms with Crippen LogP contribution >= 0.6 is 23.2 Å². The van der Waals surface area contributed by atoms with Crippen LogP contribution < -0.4 is 9.62 Å². The maximum Gasteiger partial charge on any atom is 0.243 e. The predicted octanol–water partition coefficient (Wildman–Crippen LogP) is 3.65. The van der Waals surface area contributed by atoms with E-state index in [-0.39, 0.29) is 23.1 Å². The van der Waals surface area contributed by atoms with Crippen molar-refractivity contribution in [3.05, 3.63) is 63.9 Å². The van der Waals surface area contributed by atoms with E-state index in [2.05, 4.69) is 5.32 Å². The molecule has 0 saturated heterocycles. The number of carbonyl (C=O) groups is 1. The molecule has 27 heavy (non-hydrogen) atoms. The molecule has 0 radical (unpaired) electrons. The van der Waals surface area contributed by atoms with E-state index in [1.54, 1.807) is 12.1 Å². The lowest BCUT2D eigenvalue weighted by atomic mass is 10.1. The van der Waals surface area contributed by atoms with E-state index in [1.807, 2.05) is 0 Å². The van der Waals surface area contributed by atoms with Gasteiger partial charge in [0.15, 0.2) is 0 Å². The fourth-order valence-electron chi connectivity index (χ4n) is 2.56. The number of benzene rings is 2. The zero-order chi connectivity index (χ0) is 20.2. The van der Waals surface area contributed by atoms with Gasteiger partial charge in [-0.3, -0.25) is 9.10 Å². The van der Waals surface area contributed by atoms with Crippen molar-refractivity contribution in [2.45, 2.75) is 19.4 Å². The lowest BCUT2D eigenvalue weighted by Gasteiger charge is -2.29. The number of nitrogens with zero attached hydrogens (tertiary/aromatic N) is 1. The zero-order valence-corrected chi connectivity index (χ0v) is 17.1. The Balaban J connectivity index is 2.13. The molecule has 1 unspecified atom stereocenters. The summed E-state index contributed by atoms with van der Waals surface area (Å²) < 4.78 is 38.4. The molecule has 0 bridgehead atoms. The number of nitrogens with one attached hydrogen (secondary N) is 1. The average molecular weight is 433 g/mol. The van der Waals surface area contributed by atoms with Crippen molar-refractivity contribution in [1.82, 2.24) is 5.32 Å². The second kappa shape index (κ2) is 8.91. The molecular weight excluding hydrogens is 414 g/mol. The molecule has 0 aromatic heterocycles. The largest absolute Gasteiger partial charge is 0.354 e. The minimum atomic E-state index is -3.80. The van der Waals surface area contributed by atoms with Crippen molar-refractivity contribution in [3.63, 3.8) is 0 Å². The number of hydrogen-bond acceptors (Lipinski definition) is 3. The van der Waals surface area contributed by atoms with E-state index in [0.717, 1.165) is 16.1 Å². The summed E-state index contributed by atoms with van der Waals surface area (Å²) in [5.74, 6) is -0.822. The highest BCUT2D eigenvalue weighted by molar-refractivity contribution is 7.92. The molecule has 0 aliphatic carbocycles. The molecule has 0 saturated carbocycles. The Kier molecular flexibility index (Phi) is 7.08. The standard InChI is InChI=1S/C18H19Cl2FN2O3S/c1-12(18(24)22-10-9-13-3-6-15(21)7-4-13)23(27(2,25)26)17-11-14(19)5-8-16(17)20/h3-8,11-12H,9-10H2,1-2H3,(H,22,24). The average Bonchev–Trinajstić information content (AvgIpc) is 2.58. The molecule has 2 rings (SSSR count). The normalized spacial score (nSPS) is 12.5. The summed E-state index contributed by atoms with van der Waals surface area (Å²) in [5, 5.41) is 3.15. The van der Waals surface area contributed by atoms with Gasteiger partial charge in [-0.1, -0.05) is 35.3 Å². The monoisotopic (exact) mass is 432 g/mol. The number of anilines is 1. The highest BCUT2D eigenvalue weighted by Gasteiger charge is 2.30. The predicted molar refractivity (Wildman–Crippen MR) is 106 cm³/mol. The summed E-state index contributed by atoms with van der Waals surface area (Å²) in [6.07, 6.45) is 1.47. The Hall–Kier alpha value is -1.83. The van der Waals surface area contributed by atoms with Gasteiger partial charge in [0.05, 0.1) is 17.0 Å². The van der Waals surface area contributed by atoms with Gasteiger partial charge >= 0.3 is 0 Å². The molecule has 2 aromatic rings. The maximum atomic E-state index is 12.9. The second-order valence-corrected chi connectivity index (χ2v) is 8.70. The first-order valence-corrected chi connectivity index (χ1v) is 10.7. The van der Waals surface area contributed by atoms with Gasteiger partial charge < -0.3 is 5.32 Å². The van der Waals surface area contributed by atoms with Gasteiger partial charge in [0.2, 0.25) is 15.9 Å². The molecule has 1 amide bonds. The fourth-order valence-corrected chi connectivity index (χ4v) is 4.17. The van der Waals surface area contributed by atoms with Crippen LogP contribution in [0.1, 0.15) is 12.5 Å².